The van der Waals surface area contributed by atoms with Gasteiger partial charge in [-0.1, -0.05) is 74.5 Å². The average molecular weight is 550 g/mol. The van der Waals surface area contributed by atoms with Crippen LogP contribution >= 0.6 is 0 Å². The van der Waals surface area contributed by atoms with Crippen LogP contribution in [0.2, 0.25) is 0 Å². The molecule has 3 rings (SSSR count). The molecule has 39 heavy (non-hydrogen) atoms. The van der Waals surface area contributed by atoms with Gasteiger partial charge in [0.25, 0.3) is 10.0 Å². The van der Waals surface area contributed by atoms with E-state index in [-0.39, 0.29) is 23.4 Å². The second-order valence-corrected chi connectivity index (χ2v) is 11.6. The van der Waals surface area contributed by atoms with Gasteiger partial charge in [-0.25, -0.2) is 8.42 Å². The van der Waals surface area contributed by atoms with Crippen LogP contribution in [0.15, 0.2) is 89.8 Å². The predicted molar refractivity (Wildman–Crippen MR) is 156 cm³/mol. The first-order valence-electron chi connectivity index (χ1n) is 13.5. The molecule has 0 radical (unpaired) electrons. The lowest BCUT2D eigenvalue weighted by Crippen LogP contribution is -2.54. The highest BCUT2D eigenvalue weighted by Gasteiger charge is 2.33. The third kappa shape index (κ3) is 7.93. The second-order valence-electron chi connectivity index (χ2n) is 9.73. The van der Waals surface area contributed by atoms with Crippen molar-refractivity contribution in [3.63, 3.8) is 0 Å². The van der Waals surface area contributed by atoms with E-state index in [1.54, 1.807) is 36.4 Å². The summed E-state index contributed by atoms with van der Waals surface area (Å²) in [5, 5.41) is 3.00. The molecule has 1 N–H and O–H groups in total. The third-order valence-corrected chi connectivity index (χ3v) is 8.56. The third-order valence-electron chi connectivity index (χ3n) is 6.77. The van der Waals surface area contributed by atoms with Crippen LogP contribution in [0.25, 0.3) is 0 Å². The van der Waals surface area contributed by atoms with E-state index in [2.05, 4.69) is 5.32 Å². The molecule has 0 aliphatic rings. The number of benzene rings is 3. The SMILES string of the molecule is CC[C@H](C(=O)N[C@@H](C)CC)N(CCc1ccccc1)C(=O)CN(c1cccc(C)c1)S(=O)(=O)c1ccccc1. The Labute approximate surface area is 232 Å². The molecule has 0 bridgehead atoms. The van der Waals surface area contributed by atoms with E-state index < -0.39 is 28.5 Å². The summed E-state index contributed by atoms with van der Waals surface area (Å²) in [5.41, 5.74) is 2.29. The summed E-state index contributed by atoms with van der Waals surface area (Å²) in [6, 6.07) is 24.1. The average Bonchev–Trinajstić information content (AvgIpc) is 2.94. The van der Waals surface area contributed by atoms with Crippen molar-refractivity contribution in [3.8, 4) is 0 Å². The Hall–Kier alpha value is -3.65. The topological polar surface area (TPSA) is 86.8 Å². The first kappa shape index (κ1) is 29.9. The normalized spacial score (nSPS) is 12.8. The number of carbonyl (C=O) groups excluding carboxylic acids is 2. The molecule has 2 amide bonds. The quantitative estimate of drug-likeness (QED) is 0.327. The maximum Gasteiger partial charge on any atom is 0.264 e. The highest BCUT2D eigenvalue weighted by molar-refractivity contribution is 7.92. The smallest absolute Gasteiger partial charge is 0.264 e. The number of hydrogen-bond acceptors (Lipinski definition) is 4. The van der Waals surface area contributed by atoms with Crippen LogP contribution in [-0.2, 0) is 26.0 Å². The Morgan fingerprint density at radius 3 is 2.10 bits per heavy atom. The van der Waals surface area contributed by atoms with Crippen molar-refractivity contribution in [2.24, 2.45) is 0 Å². The van der Waals surface area contributed by atoms with Crippen molar-refractivity contribution in [3.05, 3.63) is 96.1 Å². The van der Waals surface area contributed by atoms with Gasteiger partial charge < -0.3 is 10.2 Å². The van der Waals surface area contributed by atoms with Gasteiger partial charge in [-0.15, -0.1) is 0 Å². The zero-order valence-corrected chi connectivity index (χ0v) is 24.0. The summed E-state index contributed by atoms with van der Waals surface area (Å²) in [6.07, 6.45) is 1.70. The largest absolute Gasteiger partial charge is 0.352 e. The zero-order valence-electron chi connectivity index (χ0n) is 23.2. The summed E-state index contributed by atoms with van der Waals surface area (Å²) in [4.78, 5) is 28.9. The molecule has 8 heteroatoms. The summed E-state index contributed by atoms with van der Waals surface area (Å²) >= 11 is 0. The van der Waals surface area contributed by atoms with Crippen molar-refractivity contribution in [2.75, 3.05) is 17.4 Å². The molecule has 0 saturated carbocycles. The van der Waals surface area contributed by atoms with Crippen LogP contribution in [0.3, 0.4) is 0 Å². The molecule has 0 heterocycles. The fraction of sp³-hybridized carbons (Fsp3) is 0.355. The minimum Gasteiger partial charge on any atom is -0.352 e. The number of aryl methyl sites for hydroxylation is 1. The molecule has 0 fully saturated rings. The molecule has 0 aliphatic heterocycles. The first-order valence-corrected chi connectivity index (χ1v) is 14.9. The number of rotatable bonds is 13. The molecule has 7 nitrogen and oxygen atoms in total. The van der Waals surface area contributed by atoms with Gasteiger partial charge in [-0.2, -0.15) is 0 Å². The molecule has 0 spiro atoms. The van der Waals surface area contributed by atoms with E-state index in [0.717, 1.165) is 21.9 Å². The molecule has 3 aromatic carbocycles. The van der Waals surface area contributed by atoms with Crippen molar-refractivity contribution in [1.82, 2.24) is 10.2 Å². The Kier molecular flexibility index (Phi) is 10.7. The molecule has 0 unspecified atom stereocenters. The van der Waals surface area contributed by atoms with Crippen LogP contribution < -0.4 is 9.62 Å². The summed E-state index contributed by atoms with van der Waals surface area (Å²) < 4.78 is 28.8. The molecular formula is C31H39N3O4S. The molecule has 0 aliphatic carbocycles. The predicted octanol–water partition coefficient (Wildman–Crippen LogP) is 4.95. The number of carbonyl (C=O) groups is 2. The van der Waals surface area contributed by atoms with Crippen molar-refractivity contribution in [1.29, 1.82) is 0 Å². The Bertz CT molecular complexity index is 1330. The van der Waals surface area contributed by atoms with Gasteiger partial charge in [0.15, 0.2) is 0 Å². The fourth-order valence-corrected chi connectivity index (χ4v) is 5.80. The van der Waals surface area contributed by atoms with E-state index in [4.69, 9.17) is 0 Å². The van der Waals surface area contributed by atoms with Crippen LogP contribution in [0.4, 0.5) is 5.69 Å². The van der Waals surface area contributed by atoms with E-state index in [9.17, 15) is 18.0 Å². The van der Waals surface area contributed by atoms with Crippen LogP contribution in [0.5, 0.6) is 0 Å². The molecule has 0 aromatic heterocycles. The second kappa shape index (κ2) is 13.9. The number of anilines is 1. The monoisotopic (exact) mass is 549 g/mol. The lowest BCUT2D eigenvalue weighted by Gasteiger charge is -2.33. The minimum absolute atomic E-state index is 0.0418. The summed E-state index contributed by atoms with van der Waals surface area (Å²) in [7, 11) is -4.06. The minimum atomic E-state index is -4.06. The molecule has 208 valence electrons. The number of nitrogens with one attached hydrogen (secondary N) is 1. The lowest BCUT2D eigenvalue weighted by atomic mass is 10.1. The van der Waals surface area contributed by atoms with E-state index >= 15 is 0 Å². The van der Waals surface area contributed by atoms with Gasteiger partial charge in [-0.05, 0) is 68.5 Å². The van der Waals surface area contributed by atoms with Crippen LogP contribution in [0.1, 0.15) is 44.7 Å². The molecule has 3 aromatic rings. The molecule has 2 atom stereocenters. The van der Waals surface area contributed by atoms with Gasteiger partial charge in [0.05, 0.1) is 10.6 Å². The number of sulfonamides is 1. The van der Waals surface area contributed by atoms with Gasteiger partial charge in [0, 0.05) is 12.6 Å². The molecule has 0 saturated heterocycles. The van der Waals surface area contributed by atoms with Crippen molar-refractivity contribution in [2.45, 2.75) is 63.9 Å². The van der Waals surface area contributed by atoms with Crippen molar-refractivity contribution >= 4 is 27.5 Å². The van der Waals surface area contributed by atoms with Crippen molar-refractivity contribution < 1.29 is 18.0 Å². The maximum atomic E-state index is 14.0. The van der Waals surface area contributed by atoms with Gasteiger partial charge in [0.1, 0.15) is 12.6 Å². The van der Waals surface area contributed by atoms with Gasteiger partial charge in [-0.3, -0.25) is 13.9 Å². The number of amides is 2. The van der Waals surface area contributed by atoms with Crippen LogP contribution in [0, 0.1) is 6.92 Å². The van der Waals surface area contributed by atoms with E-state index in [0.29, 0.717) is 18.5 Å². The summed E-state index contributed by atoms with van der Waals surface area (Å²) in [5.74, 6) is -0.667. The van der Waals surface area contributed by atoms with E-state index in [1.807, 2.05) is 64.1 Å². The van der Waals surface area contributed by atoms with Gasteiger partial charge >= 0.3 is 0 Å². The highest BCUT2D eigenvalue weighted by atomic mass is 32.2. The Balaban J connectivity index is 1.99. The maximum absolute atomic E-state index is 14.0. The Morgan fingerprint density at radius 2 is 1.51 bits per heavy atom. The molecular weight excluding hydrogens is 510 g/mol. The Morgan fingerprint density at radius 1 is 0.872 bits per heavy atom. The van der Waals surface area contributed by atoms with Gasteiger partial charge in [0.2, 0.25) is 11.8 Å². The zero-order chi connectivity index (χ0) is 28.4. The fourth-order valence-electron chi connectivity index (χ4n) is 4.37. The first-order chi connectivity index (χ1) is 18.7. The van der Waals surface area contributed by atoms with Crippen LogP contribution in [-0.4, -0.2) is 50.3 Å². The summed E-state index contributed by atoms with van der Waals surface area (Å²) in [6.45, 7) is 7.50. The number of hydrogen-bond donors (Lipinski definition) is 1. The highest BCUT2D eigenvalue weighted by Crippen LogP contribution is 2.25. The standard InChI is InChI=1S/C31H39N3O4S/c1-5-25(4)32-31(36)29(6-2)33(21-20-26-15-9-7-10-16-26)30(35)23-34(27-17-13-14-24(3)22-27)39(37,38)28-18-11-8-12-19-28/h7-19,22,25,29H,5-6,20-21,23H2,1-4H3,(H,32,36)/t25-,29+/m0/s1. The lowest BCUT2D eigenvalue weighted by molar-refractivity contribution is -0.139. The van der Waals surface area contributed by atoms with E-state index in [1.165, 1.54) is 17.0 Å². The number of nitrogens with zero attached hydrogens (tertiary/aromatic N) is 2.